The number of anilines is 1. The lowest BCUT2D eigenvalue weighted by Gasteiger charge is -2.16. The van der Waals surface area contributed by atoms with E-state index in [0.717, 1.165) is 11.3 Å². The number of rotatable bonds is 4. The van der Waals surface area contributed by atoms with Crippen LogP contribution < -0.4 is 10.1 Å². The molecule has 0 saturated carbocycles. The van der Waals surface area contributed by atoms with Crippen LogP contribution >= 0.6 is 0 Å². The molecule has 0 aliphatic heterocycles. The van der Waals surface area contributed by atoms with E-state index in [4.69, 9.17) is 4.74 Å². The summed E-state index contributed by atoms with van der Waals surface area (Å²) in [6.45, 7) is 1.99. The Morgan fingerprint density at radius 1 is 1.47 bits per heavy atom. The Bertz CT molecular complexity index is 485. The molecule has 90 valence electrons. The normalized spacial score (nSPS) is 12.2. The molecular weight excluding hydrogens is 221 g/mol. The second kappa shape index (κ2) is 4.86. The Hall–Kier alpha value is -2.04. The molecule has 0 amide bonds. The van der Waals surface area contributed by atoms with E-state index in [-0.39, 0.29) is 11.9 Å². The van der Waals surface area contributed by atoms with Crippen LogP contribution in [0, 0.1) is 5.82 Å². The first-order valence-corrected chi connectivity index (χ1v) is 5.29. The lowest BCUT2D eigenvalue weighted by molar-refractivity contribution is 0.412. The van der Waals surface area contributed by atoms with E-state index in [1.165, 1.54) is 19.2 Å². The summed E-state index contributed by atoms with van der Waals surface area (Å²) in [6, 6.07) is 4.47. The molecule has 2 aromatic rings. The summed E-state index contributed by atoms with van der Waals surface area (Å²) in [4.78, 5) is 0. The van der Waals surface area contributed by atoms with E-state index in [1.54, 1.807) is 12.3 Å². The van der Waals surface area contributed by atoms with Crippen LogP contribution in [-0.2, 0) is 0 Å². The highest BCUT2D eigenvalue weighted by Crippen LogP contribution is 2.28. The molecule has 0 aliphatic carbocycles. The maximum Gasteiger partial charge on any atom is 0.144 e. The quantitative estimate of drug-likeness (QED) is 0.856. The van der Waals surface area contributed by atoms with Crippen molar-refractivity contribution < 1.29 is 9.13 Å². The zero-order valence-corrected chi connectivity index (χ0v) is 9.70. The predicted octanol–water partition coefficient (Wildman–Crippen LogP) is 2.73. The van der Waals surface area contributed by atoms with Gasteiger partial charge in [-0.1, -0.05) is 0 Å². The molecule has 0 radical (unpaired) electrons. The molecule has 1 aromatic carbocycles. The third-order valence-corrected chi connectivity index (χ3v) is 2.55. The fraction of sp³-hybridized carbons (Fsp3) is 0.250. The van der Waals surface area contributed by atoms with Gasteiger partial charge in [-0.2, -0.15) is 5.10 Å². The maximum atomic E-state index is 13.0. The van der Waals surface area contributed by atoms with Crippen LogP contribution in [0.4, 0.5) is 10.1 Å². The SMILES string of the molecule is COc1cc(F)ccc1NC(C)c1cn[nH]c1. The molecule has 0 saturated heterocycles. The molecule has 1 heterocycles. The fourth-order valence-electron chi connectivity index (χ4n) is 1.60. The topological polar surface area (TPSA) is 49.9 Å². The molecular formula is C12H14FN3O. The zero-order valence-electron chi connectivity index (χ0n) is 9.70. The highest BCUT2D eigenvalue weighted by molar-refractivity contribution is 5.57. The van der Waals surface area contributed by atoms with Gasteiger partial charge in [0.05, 0.1) is 25.0 Å². The van der Waals surface area contributed by atoms with Crippen LogP contribution in [0.25, 0.3) is 0 Å². The number of hydrogen-bond donors (Lipinski definition) is 2. The number of aromatic nitrogens is 2. The third kappa shape index (κ3) is 2.55. The van der Waals surface area contributed by atoms with Gasteiger partial charge < -0.3 is 10.1 Å². The van der Waals surface area contributed by atoms with Crippen molar-refractivity contribution in [2.24, 2.45) is 0 Å². The van der Waals surface area contributed by atoms with Gasteiger partial charge in [0, 0.05) is 17.8 Å². The first kappa shape index (κ1) is 11.4. The van der Waals surface area contributed by atoms with Gasteiger partial charge in [0.15, 0.2) is 0 Å². The van der Waals surface area contributed by atoms with Crippen molar-refractivity contribution in [1.82, 2.24) is 10.2 Å². The van der Waals surface area contributed by atoms with Crippen LogP contribution in [0.1, 0.15) is 18.5 Å². The largest absolute Gasteiger partial charge is 0.494 e. The van der Waals surface area contributed by atoms with E-state index in [9.17, 15) is 4.39 Å². The molecule has 1 aromatic heterocycles. The second-order valence-corrected chi connectivity index (χ2v) is 3.74. The number of methoxy groups -OCH3 is 1. The van der Waals surface area contributed by atoms with Crippen LogP contribution in [0.5, 0.6) is 5.75 Å². The van der Waals surface area contributed by atoms with Crippen molar-refractivity contribution in [3.63, 3.8) is 0 Å². The lowest BCUT2D eigenvalue weighted by Crippen LogP contribution is -2.07. The molecule has 0 aliphatic rings. The smallest absolute Gasteiger partial charge is 0.144 e. The summed E-state index contributed by atoms with van der Waals surface area (Å²) < 4.78 is 18.1. The van der Waals surface area contributed by atoms with E-state index in [2.05, 4.69) is 15.5 Å². The lowest BCUT2D eigenvalue weighted by atomic mass is 10.1. The standard InChI is InChI=1S/C12H14FN3O/c1-8(9-6-14-15-7-9)16-11-4-3-10(13)5-12(11)17-2/h3-8,16H,1-2H3,(H,14,15). The summed E-state index contributed by atoms with van der Waals surface area (Å²) in [5.74, 6) is 0.170. The molecule has 0 bridgehead atoms. The molecule has 17 heavy (non-hydrogen) atoms. The van der Waals surface area contributed by atoms with E-state index < -0.39 is 0 Å². The number of H-pyrrole nitrogens is 1. The van der Waals surface area contributed by atoms with Crippen LogP contribution in [-0.4, -0.2) is 17.3 Å². The molecule has 4 nitrogen and oxygen atoms in total. The van der Waals surface area contributed by atoms with Crippen LogP contribution in [0.2, 0.25) is 0 Å². The number of halogens is 1. The van der Waals surface area contributed by atoms with Gasteiger partial charge in [0.25, 0.3) is 0 Å². The second-order valence-electron chi connectivity index (χ2n) is 3.74. The molecule has 5 heteroatoms. The van der Waals surface area contributed by atoms with E-state index in [1.807, 2.05) is 13.1 Å². The Morgan fingerprint density at radius 3 is 2.94 bits per heavy atom. The number of nitrogens with one attached hydrogen (secondary N) is 2. The summed E-state index contributed by atoms with van der Waals surface area (Å²) in [6.07, 6.45) is 3.56. The Kier molecular flexibility index (Phi) is 3.27. The van der Waals surface area contributed by atoms with Crippen LogP contribution in [0.15, 0.2) is 30.6 Å². The molecule has 0 fully saturated rings. The van der Waals surface area contributed by atoms with Gasteiger partial charge >= 0.3 is 0 Å². The molecule has 2 N–H and O–H groups in total. The zero-order chi connectivity index (χ0) is 12.3. The fourth-order valence-corrected chi connectivity index (χ4v) is 1.60. The summed E-state index contributed by atoms with van der Waals surface area (Å²) >= 11 is 0. The van der Waals surface area contributed by atoms with Crippen molar-refractivity contribution in [2.75, 3.05) is 12.4 Å². The monoisotopic (exact) mass is 235 g/mol. The Balaban J connectivity index is 2.18. The van der Waals surface area contributed by atoms with Gasteiger partial charge in [-0.15, -0.1) is 0 Å². The van der Waals surface area contributed by atoms with Gasteiger partial charge in [0.1, 0.15) is 11.6 Å². The van der Waals surface area contributed by atoms with Gasteiger partial charge in [-0.05, 0) is 19.1 Å². The maximum absolute atomic E-state index is 13.0. The van der Waals surface area contributed by atoms with Gasteiger partial charge in [-0.25, -0.2) is 4.39 Å². The number of ether oxygens (including phenoxy) is 1. The Morgan fingerprint density at radius 2 is 2.29 bits per heavy atom. The Labute approximate surface area is 98.8 Å². The van der Waals surface area contributed by atoms with Crippen molar-refractivity contribution >= 4 is 5.69 Å². The van der Waals surface area contributed by atoms with Gasteiger partial charge in [0.2, 0.25) is 0 Å². The third-order valence-electron chi connectivity index (χ3n) is 2.55. The van der Waals surface area contributed by atoms with E-state index >= 15 is 0 Å². The minimum atomic E-state index is -0.316. The van der Waals surface area contributed by atoms with Crippen molar-refractivity contribution in [3.05, 3.63) is 42.0 Å². The highest BCUT2D eigenvalue weighted by atomic mass is 19.1. The van der Waals surface area contributed by atoms with Crippen molar-refractivity contribution in [2.45, 2.75) is 13.0 Å². The first-order chi connectivity index (χ1) is 8.20. The molecule has 1 atom stereocenters. The van der Waals surface area contributed by atoms with E-state index in [0.29, 0.717) is 5.75 Å². The molecule has 0 spiro atoms. The van der Waals surface area contributed by atoms with Crippen molar-refractivity contribution in [3.8, 4) is 5.75 Å². The molecule has 1 unspecified atom stereocenters. The predicted molar refractivity (Wildman–Crippen MR) is 63.6 cm³/mol. The average Bonchev–Trinajstić information content (AvgIpc) is 2.85. The van der Waals surface area contributed by atoms with Crippen LogP contribution in [0.3, 0.4) is 0 Å². The minimum absolute atomic E-state index is 0.0631. The summed E-state index contributed by atoms with van der Waals surface area (Å²) in [7, 11) is 1.52. The molecule has 2 rings (SSSR count). The summed E-state index contributed by atoms with van der Waals surface area (Å²) in [5.41, 5.74) is 1.78. The number of hydrogen-bond acceptors (Lipinski definition) is 3. The average molecular weight is 235 g/mol. The van der Waals surface area contributed by atoms with Gasteiger partial charge in [-0.3, -0.25) is 5.10 Å². The van der Waals surface area contributed by atoms with Crippen molar-refractivity contribution in [1.29, 1.82) is 0 Å². The minimum Gasteiger partial charge on any atom is -0.494 e. The number of aromatic amines is 1. The first-order valence-electron chi connectivity index (χ1n) is 5.29. The summed E-state index contributed by atoms with van der Waals surface area (Å²) in [5, 5.41) is 9.88. The number of benzene rings is 1. The number of nitrogens with zero attached hydrogens (tertiary/aromatic N) is 1. The highest BCUT2D eigenvalue weighted by Gasteiger charge is 2.10.